The van der Waals surface area contributed by atoms with Crippen LogP contribution in [0.1, 0.15) is 31.2 Å². The van der Waals surface area contributed by atoms with E-state index in [-0.39, 0.29) is 12.0 Å². The zero-order valence-corrected chi connectivity index (χ0v) is 11.8. The Balaban J connectivity index is 2.32. The van der Waals surface area contributed by atoms with Gasteiger partial charge in [0.2, 0.25) is 5.91 Å². The number of ether oxygens (including phenoxy) is 1. The third-order valence-electron chi connectivity index (χ3n) is 2.44. The molecule has 0 bridgehead atoms. The fourth-order valence-corrected chi connectivity index (χ4v) is 2.15. The van der Waals surface area contributed by atoms with Crippen molar-refractivity contribution >= 4 is 17.2 Å². The summed E-state index contributed by atoms with van der Waals surface area (Å²) in [6, 6.07) is 2.06. The first-order valence-electron chi connectivity index (χ1n) is 5.93. The van der Waals surface area contributed by atoms with Crippen molar-refractivity contribution in [3.8, 4) is 0 Å². The number of amides is 1. The summed E-state index contributed by atoms with van der Waals surface area (Å²) in [7, 11) is 0. The number of hydrogen-bond acceptors (Lipinski definition) is 3. The van der Waals surface area contributed by atoms with Gasteiger partial charge in [0, 0.05) is 11.5 Å². The molecule has 0 aliphatic heterocycles. The van der Waals surface area contributed by atoms with Crippen molar-refractivity contribution in [2.24, 2.45) is 5.92 Å². The molecule has 0 radical (unpaired) electrons. The molecule has 17 heavy (non-hydrogen) atoms. The highest BCUT2D eigenvalue weighted by Gasteiger charge is 2.13. The van der Waals surface area contributed by atoms with Crippen LogP contribution < -0.4 is 5.32 Å². The molecule has 0 aliphatic carbocycles. The van der Waals surface area contributed by atoms with Crippen molar-refractivity contribution in [3.63, 3.8) is 0 Å². The number of aryl methyl sites for hydroxylation is 1. The summed E-state index contributed by atoms with van der Waals surface area (Å²) >= 11 is 1.67. The number of carbonyl (C=O) groups is 1. The predicted molar refractivity (Wildman–Crippen MR) is 71.2 cm³/mol. The molecule has 1 rings (SSSR count). The summed E-state index contributed by atoms with van der Waals surface area (Å²) in [6.07, 6.45) is -0.377. The second-order valence-electron chi connectivity index (χ2n) is 4.61. The smallest absolute Gasteiger partial charge is 0.249 e. The second kappa shape index (κ2) is 6.77. The van der Waals surface area contributed by atoms with E-state index in [1.807, 2.05) is 5.38 Å². The van der Waals surface area contributed by atoms with Crippen LogP contribution in [0.4, 0.5) is 0 Å². The predicted octanol–water partition coefficient (Wildman–Crippen LogP) is 2.73. The SMILES string of the molecule is Cc1ccsc1CNC(=O)[C@H](C)OCC(C)C. The van der Waals surface area contributed by atoms with E-state index in [1.54, 1.807) is 18.3 Å². The summed E-state index contributed by atoms with van der Waals surface area (Å²) in [5.74, 6) is 0.406. The molecule has 0 saturated heterocycles. The molecule has 1 amide bonds. The molecule has 96 valence electrons. The molecule has 1 N–H and O–H groups in total. The average molecular weight is 255 g/mol. The van der Waals surface area contributed by atoms with Crippen LogP contribution in [0.25, 0.3) is 0 Å². The Labute approximate surface area is 107 Å². The van der Waals surface area contributed by atoms with E-state index in [0.717, 1.165) is 0 Å². The van der Waals surface area contributed by atoms with Crippen LogP contribution in [0.2, 0.25) is 0 Å². The highest BCUT2D eigenvalue weighted by Crippen LogP contribution is 2.14. The lowest BCUT2D eigenvalue weighted by atomic mass is 10.2. The minimum absolute atomic E-state index is 0.0431. The summed E-state index contributed by atoms with van der Waals surface area (Å²) in [5.41, 5.74) is 1.23. The molecule has 0 aliphatic rings. The Kier molecular flexibility index (Phi) is 5.65. The van der Waals surface area contributed by atoms with Gasteiger partial charge in [-0.2, -0.15) is 0 Å². The van der Waals surface area contributed by atoms with Gasteiger partial charge in [0.05, 0.1) is 6.54 Å². The Bertz CT molecular complexity index is 360. The monoisotopic (exact) mass is 255 g/mol. The maximum atomic E-state index is 11.7. The normalized spacial score (nSPS) is 12.8. The third kappa shape index (κ3) is 4.88. The highest BCUT2D eigenvalue weighted by molar-refractivity contribution is 7.10. The number of thiophene rings is 1. The first-order chi connectivity index (χ1) is 8.00. The van der Waals surface area contributed by atoms with E-state index in [9.17, 15) is 4.79 Å². The lowest BCUT2D eigenvalue weighted by Crippen LogP contribution is -2.34. The Morgan fingerprint density at radius 2 is 2.18 bits per heavy atom. The molecule has 1 aromatic heterocycles. The zero-order valence-electron chi connectivity index (χ0n) is 10.9. The minimum atomic E-state index is -0.377. The quantitative estimate of drug-likeness (QED) is 0.849. The summed E-state index contributed by atoms with van der Waals surface area (Å²) in [5, 5.41) is 4.93. The van der Waals surface area contributed by atoms with Crippen LogP contribution in [0.15, 0.2) is 11.4 Å². The lowest BCUT2D eigenvalue weighted by molar-refractivity contribution is -0.132. The van der Waals surface area contributed by atoms with Crippen molar-refractivity contribution in [1.29, 1.82) is 0 Å². The minimum Gasteiger partial charge on any atom is -0.368 e. The molecule has 1 atom stereocenters. The Morgan fingerprint density at radius 1 is 1.47 bits per heavy atom. The van der Waals surface area contributed by atoms with E-state index in [0.29, 0.717) is 19.1 Å². The largest absolute Gasteiger partial charge is 0.368 e. The van der Waals surface area contributed by atoms with E-state index in [1.165, 1.54) is 10.4 Å². The molecular weight excluding hydrogens is 234 g/mol. The molecule has 4 heteroatoms. The standard InChI is InChI=1S/C13H21NO2S/c1-9(2)8-16-11(4)13(15)14-7-12-10(3)5-6-17-12/h5-6,9,11H,7-8H2,1-4H3,(H,14,15)/t11-/m0/s1. The van der Waals surface area contributed by atoms with Crippen LogP contribution in [-0.4, -0.2) is 18.6 Å². The summed E-state index contributed by atoms with van der Waals surface area (Å²) in [4.78, 5) is 12.9. The second-order valence-corrected chi connectivity index (χ2v) is 5.61. The molecule has 0 aromatic carbocycles. The van der Waals surface area contributed by atoms with Crippen LogP contribution >= 0.6 is 11.3 Å². The summed E-state index contributed by atoms with van der Waals surface area (Å²) < 4.78 is 5.46. The van der Waals surface area contributed by atoms with Gasteiger partial charge in [-0.25, -0.2) is 0 Å². The van der Waals surface area contributed by atoms with Crippen molar-refractivity contribution in [2.45, 2.75) is 40.3 Å². The number of rotatable bonds is 6. The maximum Gasteiger partial charge on any atom is 0.249 e. The highest BCUT2D eigenvalue weighted by atomic mass is 32.1. The van der Waals surface area contributed by atoms with Gasteiger partial charge in [-0.3, -0.25) is 4.79 Å². The molecule has 0 fully saturated rings. The molecule has 0 spiro atoms. The van der Waals surface area contributed by atoms with E-state index < -0.39 is 0 Å². The summed E-state index contributed by atoms with van der Waals surface area (Å²) in [6.45, 7) is 9.19. The van der Waals surface area contributed by atoms with Gasteiger partial charge < -0.3 is 10.1 Å². The van der Waals surface area contributed by atoms with Gasteiger partial charge in [0.15, 0.2) is 0 Å². The van der Waals surface area contributed by atoms with Gasteiger partial charge in [0.1, 0.15) is 6.10 Å². The number of nitrogens with one attached hydrogen (secondary N) is 1. The van der Waals surface area contributed by atoms with E-state index >= 15 is 0 Å². The molecule has 3 nitrogen and oxygen atoms in total. The Morgan fingerprint density at radius 3 is 2.71 bits per heavy atom. The van der Waals surface area contributed by atoms with Crippen LogP contribution in [0, 0.1) is 12.8 Å². The maximum absolute atomic E-state index is 11.7. The zero-order chi connectivity index (χ0) is 12.8. The fourth-order valence-electron chi connectivity index (χ4n) is 1.31. The van der Waals surface area contributed by atoms with Crippen molar-refractivity contribution < 1.29 is 9.53 Å². The van der Waals surface area contributed by atoms with Crippen LogP contribution in [0.3, 0.4) is 0 Å². The first-order valence-corrected chi connectivity index (χ1v) is 6.81. The van der Waals surface area contributed by atoms with E-state index in [2.05, 4.69) is 32.2 Å². The van der Waals surface area contributed by atoms with Crippen molar-refractivity contribution in [3.05, 3.63) is 21.9 Å². The molecule has 1 aromatic rings. The van der Waals surface area contributed by atoms with Crippen molar-refractivity contribution in [1.82, 2.24) is 5.32 Å². The number of hydrogen-bond donors (Lipinski definition) is 1. The molecule has 1 heterocycles. The first kappa shape index (κ1) is 14.2. The average Bonchev–Trinajstić information content (AvgIpc) is 2.68. The van der Waals surface area contributed by atoms with E-state index in [4.69, 9.17) is 4.74 Å². The van der Waals surface area contributed by atoms with Crippen LogP contribution in [-0.2, 0) is 16.1 Å². The van der Waals surface area contributed by atoms with Crippen molar-refractivity contribution in [2.75, 3.05) is 6.61 Å². The Hall–Kier alpha value is -0.870. The fraction of sp³-hybridized carbons (Fsp3) is 0.615. The molecule has 0 saturated carbocycles. The van der Waals surface area contributed by atoms with Gasteiger partial charge in [0.25, 0.3) is 0 Å². The van der Waals surface area contributed by atoms with Gasteiger partial charge in [-0.15, -0.1) is 11.3 Å². The van der Waals surface area contributed by atoms with Gasteiger partial charge in [-0.1, -0.05) is 13.8 Å². The molecular formula is C13H21NO2S. The molecule has 0 unspecified atom stereocenters. The lowest BCUT2D eigenvalue weighted by Gasteiger charge is -2.14. The van der Waals surface area contributed by atoms with Gasteiger partial charge in [-0.05, 0) is 36.8 Å². The number of carbonyl (C=O) groups excluding carboxylic acids is 1. The van der Waals surface area contributed by atoms with Gasteiger partial charge >= 0.3 is 0 Å². The topological polar surface area (TPSA) is 38.3 Å². The third-order valence-corrected chi connectivity index (χ3v) is 3.46. The van der Waals surface area contributed by atoms with Crippen LogP contribution in [0.5, 0.6) is 0 Å².